The van der Waals surface area contributed by atoms with Crippen LogP contribution in [0.3, 0.4) is 0 Å². The van der Waals surface area contributed by atoms with Crippen LogP contribution in [0, 0.1) is 6.92 Å². The fourth-order valence-electron chi connectivity index (χ4n) is 2.43. The number of carbonyl (C=O) groups excluding carboxylic acids is 1. The summed E-state index contributed by atoms with van der Waals surface area (Å²) in [6.45, 7) is 2.11. The fraction of sp³-hybridized carbons (Fsp3) is 0.176. The molecule has 0 saturated heterocycles. The number of halogens is 1. The Kier molecular flexibility index (Phi) is 5.04. The molecule has 2 N–H and O–H groups in total. The third kappa shape index (κ3) is 4.28. The number of carbonyl (C=O) groups is 2. The molecule has 2 heterocycles. The van der Waals surface area contributed by atoms with Crippen molar-refractivity contribution in [2.75, 3.05) is 5.32 Å². The normalized spacial score (nSPS) is 10.7. The van der Waals surface area contributed by atoms with Gasteiger partial charge in [0.25, 0.3) is 5.91 Å². The molecule has 134 valence electrons. The van der Waals surface area contributed by atoms with Crippen molar-refractivity contribution in [1.29, 1.82) is 0 Å². The maximum absolute atomic E-state index is 12.3. The van der Waals surface area contributed by atoms with Crippen LogP contribution in [-0.2, 0) is 17.9 Å². The monoisotopic (exact) mass is 373 g/mol. The van der Waals surface area contributed by atoms with Crippen molar-refractivity contribution in [2.24, 2.45) is 0 Å². The van der Waals surface area contributed by atoms with Gasteiger partial charge in [0, 0.05) is 23.0 Å². The van der Waals surface area contributed by atoms with Crippen LogP contribution in [-0.4, -0.2) is 36.5 Å². The Bertz CT molecular complexity index is 963. The first-order valence-corrected chi connectivity index (χ1v) is 8.13. The summed E-state index contributed by atoms with van der Waals surface area (Å²) in [4.78, 5) is 22.9. The molecule has 0 spiro atoms. The minimum absolute atomic E-state index is 0.258. The molecule has 3 rings (SSSR count). The van der Waals surface area contributed by atoms with Crippen LogP contribution < -0.4 is 5.32 Å². The molecule has 0 bridgehead atoms. The highest BCUT2D eigenvalue weighted by Gasteiger charge is 2.13. The summed E-state index contributed by atoms with van der Waals surface area (Å²) < 4.78 is 2.94. The predicted octanol–water partition coefficient (Wildman–Crippen LogP) is 2.43. The number of nitrogens with one attached hydrogen (secondary N) is 1. The van der Waals surface area contributed by atoms with Gasteiger partial charge in [0.1, 0.15) is 6.54 Å². The van der Waals surface area contributed by atoms with Gasteiger partial charge in [-0.3, -0.25) is 19.0 Å². The average molecular weight is 374 g/mol. The molecule has 1 aromatic carbocycles. The minimum atomic E-state index is -1.03. The van der Waals surface area contributed by atoms with E-state index in [0.717, 1.165) is 11.3 Å². The van der Waals surface area contributed by atoms with Crippen molar-refractivity contribution < 1.29 is 14.7 Å². The standard InChI is InChI=1S/C17H16ClN5O3/c1-11-5-15(21-23(11)8-12-3-2-4-14(18)6-12)20-17(26)13-7-19-22(9-13)10-16(24)25/h2-7,9H,8,10H2,1H3,(H,24,25)(H,20,21,26). The molecular formula is C17H16ClN5O3. The molecule has 0 radical (unpaired) electrons. The van der Waals surface area contributed by atoms with E-state index in [1.54, 1.807) is 16.8 Å². The number of aromatic nitrogens is 4. The van der Waals surface area contributed by atoms with Gasteiger partial charge < -0.3 is 10.4 Å². The lowest BCUT2D eigenvalue weighted by molar-refractivity contribution is -0.137. The van der Waals surface area contributed by atoms with Gasteiger partial charge in [0.05, 0.1) is 18.3 Å². The summed E-state index contributed by atoms with van der Waals surface area (Å²) in [5, 5.41) is 20.3. The number of benzene rings is 1. The number of aliphatic carboxylic acids is 1. The number of nitrogens with zero attached hydrogens (tertiary/aromatic N) is 4. The quantitative estimate of drug-likeness (QED) is 0.690. The van der Waals surface area contributed by atoms with Gasteiger partial charge >= 0.3 is 5.97 Å². The highest BCUT2D eigenvalue weighted by Crippen LogP contribution is 2.15. The Morgan fingerprint density at radius 2 is 2.12 bits per heavy atom. The molecule has 3 aromatic rings. The molecule has 0 saturated carbocycles. The average Bonchev–Trinajstić information content (AvgIpc) is 3.14. The molecule has 26 heavy (non-hydrogen) atoms. The minimum Gasteiger partial charge on any atom is -0.480 e. The number of hydrogen-bond donors (Lipinski definition) is 2. The Morgan fingerprint density at radius 1 is 1.31 bits per heavy atom. The summed E-state index contributed by atoms with van der Waals surface area (Å²) in [5.41, 5.74) is 2.13. The first-order valence-electron chi connectivity index (χ1n) is 7.75. The summed E-state index contributed by atoms with van der Waals surface area (Å²) in [6, 6.07) is 9.23. The van der Waals surface area contributed by atoms with E-state index in [-0.39, 0.29) is 12.1 Å². The Labute approximate surface area is 154 Å². The van der Waals surface area contributed by atoms with Gasteiger partial charge in [-0.15, -0.1) is 0 Å². The molecule has 9 heteroatoms. The van der Waals surface area contributed by atoms with Gasteiger partial charge in [-0.1, -0.05) is 23.7 Å². The van der Waals surface area contributed by atoms with Crippen LogP contribution in [0.4, 0.5) is 5.82 Å². The molecule has 2 aromatic heterocycles. The van der Waals surface area contributed by atoms with Crippen molar-refractivity contribution in [3.8, 4) is 0 Å². The van der Waals surface area contributed by atoms with Crippen molar-refractivity contribution in [1.82, 2.24) is 19.6 Å². The van der Waals surface area contributed by atoms with Gasteiger partial charge in [-0.05, 0) is 24.6 Å². The van der Waals surface area contributed by atoms with Crippen LogP contribution in [0.25, 0.3) is 0 Å². The van der Waals surface area contributed by atoms with Gasteiger partial charge in [0.2, 0.25) is 0 Å². The van der Waals surface area contributed by atoms with Gasteiger partial charge in [-0.2, -0.15) is 10.2 Å². The third-order valence-corrected chi connectivity index (χ3v) is 3.87. The largest absolute Gasteiger partial charge is 0.480 e. The van der Waals surface area contributed by atoms with Crippen LogP contribution >= 0.6 is 11.6 Å². The number of amides is 1. The Balaban J connectivity index is 1.69. The zero-order chi connectivity index (χ0) is 18.7. The number of rotatable bonds is 6. The predicted molar refractivity (Wildman–Crippen MR) is 95.3 cm³/mol. The second kappa shape index (κ2) is 7.40. The van der Waals surface area contributed by atoms with E-state index in [1.807, 2.05) is 25.1 Å². The maximum atomic E-state index is 12.3. The third-order valence-electron chi connectivity index (χ3n) is 3.64. The Hall–Kier alpha value is -3.13. The van der Waals surface area contributed by atoms with E-state index in [2.05, 4.69) is 15.5 Å². The van der Waals surface area contributed by atoms with Crippen molar-refractivity contribution in [2.45, 2.75) is 20.0 Å². The molecular weight excluding hydrogens is 358 g/mol. The number of hydrogen-bond acceptors (Lipinski definition) is 4. The van der Waals surface area contributed by atoms with E-state index in [9.17, 15) is 9.59 Å². The smallest absolute Gasteiger partial charge is 0.325 e. The lowest BCUT2D eigenvalue weighted by Gasteiger charge is -2.05. The summed E-state index contributed by atoms with van der Waals surface area (Å²) >= 11 is 5.99. The van der Waals surface area contributed by atoms with Crippen molar-refractivity contribution in [3.63, 3.8) is 0 Å². The van der Waals surface area contributed by atoms with Gasteiger partial charge in [0.15, 0.2) is 5.82 Å². The molecule has 0 fully saturated rings. The van der Waals surface area contributed by atoms with Crippen molar-refractivity contribution >= 4 is 29.3 Å². The molecule has 0 aliphatic carbocycles. The van der Waals surface area contributed by atoms with Crippen molar-refractivity contribution in [3.05, 3.63) is 64.6 Å². The van der Waals surface area contributed by atoms with E-state index in [4.69, 9.17) is 16.7 Å². The van der Waals surface area contributed by atoms with Crippen LogP contribution in [0.5, 0.6) is 0 Å². The van der Waals surface area contributed by atoms with E-state index in [0.29, 0.717) is 17.4 Å². The fourth-order valence-corrected chi connectivity index (χ4v) is 2.65. The highest BCUT2D eigenvalue weighted by atomic mass is 35.5. The zero-order valence-corrected chi connectivity index (χ0v) is 14.6. The van der Waals surface area contributed by atoms with E-state index < -0.39 is 11.9 Å². The molecule has 0 atom stereocenters. The first kappa shape index (κ1) is 17.7. The summed E-state index contributed by atoms with van der Waals surface area (Å²) in [7, 11) is 0. The maximum Gasteiger partial charge on any atom is 0.325 e. The lowest BCUT2D eigenvalue weighted by Crippen LogP contribution is -2.13. The number of carboxylic acids is 1. The number of aryl methyl sites for hydroxylation is 1. The topological polar surface area (TPSA) is 102 Å². The van der Waals surface area contributed by atoms with Crippen LogP contribution in [0.2, 0.25) is 5.02 Å². The molecule has 0 aliphatic rings. The molecule has 0 aliphatic heterocycles. The molecule has 8 nitrogen and oxygen atoms in total. The first-order chi connectivity index (χ1) is 12.4. The number of carboxylic acid groups (broad SMARTS) is 1. The molecule has 0 unspecified atom stereocenters. The number of anilines is 1. The van der Waals surface area contributed by atoms with E-state index in [1.165, 1.54) is 17.1 Å². The van der Waals surface area contributed by atoms with Gasteiger partial charge in [-0.25, -0.2) is 0 Å². The summed E-state index contributed by atoms with van der Waals surface area (Å²) in [6.07, 6.45) is 2.69. The second-order valence-electron chi connectivity index (χ2n) is 5.73. The zero-order valence-electron chi connectivity index (χ0n) is 13.9. The van der Waals surface area contributed by atoms with Crippen LogP contribution in [0.1, 0.15) is 21.6 Å². The van der Waals surface area contributed by atoms with Crippen LogP contribution in [0.15, 0.2) is 42.7 Å². The molecule has 1 amide bonds. The second-order valence-corrected chi connectivity index (χ2v) is 6.17. The Morgan fingerprint density at radius 3 is 2.85 bits per heavy atom. The summed E-state index contributed by atoms with van der Waals surface area (Å²) in [5.74, 6) is -1.04. The lowest BCUT2D eigenvalue weighted by atomic mass is 10.2. The SMILES string of the molecule is Cc1cc(NC(=O)c2cnn(CC(=O)O)c2)nn1Cc1cccc(Cl)c1. The highest BCUT2D eigenvalue weighted by molar-refractivity contribution is 6.30. The van der Waals surface area contributed by atoms with E-state index >= 15 is 0 Å².